The van der Waals surface area contributed by atoms with Gasteiger partial charge in [-0.25, -0.2) is 9.59 Å². The lowest BCUT2D eigenvalue weighted by Crippen LogP contribution is -2.53. The maximum Gasteiger partial charge on any atom is 0.490 e. The van der Waals surface area contributed by atoms with Crippen molar-refractivity contribution in [2.24, 2.45) is 5.92 Å². The summed E-state index contributed by atoms with van der Waals surface area (Å²) in [5, 5.41) is 14.0. The molecule has 0 spiro atoms. The van der Waals surface area contributed by atoms with E-state index in [9.17, 15) is 18.0 Å². The summed E-state index contributed by atoms with van der Waals surface area (Å²) in [6, 6.07) is 12.4. The largest absolute Gasteiger partial charge is 0.493 e. The summed E-state index contributed by atoms with van der Waals surface area (Å²) in [4.78, 5) is 24.5. The number of benzene rings is 2. The fraction of sp³-hybridized carbons (Fsp3) is 0.533. The Morgan fingerprint density at radius 3 is 2.38 bits per heavy atom. The molecule has 0 radical (unpaired) electrons. The number of halogens is 4. The van der Waals surface area contributed by atoms with Crippen LogP contribution < -0.4 is 20.1 Å². The minimum absolute atomic E-state index is 0.0760. The molecule has 3 unspecified atom stereocenters. The topological polar surface area (TPSA) is 100 Å². The fourth-order valence-corrected chi connectivity index (χ4v) is 6.35. The van der Waals surface area contributed by atoms with Crippen LogP contribution in [0.5, 0.6) is 11.5 Å². The predicted molar refractivity (Wildman–Crippen MR) is 154 cm³/mol. The van der Waals surface area contributed by atoms with Crippen molar-refractivity contribution in [2.45, 2.75) is 69.1 Å². The van der Waals surface area contributed by atoms with Crippen molar-refractivity contribution >= 4 is 29.3 Å². The number of hydrogen-bond acceptors (Lipinski definition) is 5. The molecule has 230 valence electrons. The highest BCUT2D eigenvalue weighted by Gasteiger charge is 2.52. The average Bonchev–Trinajstić information content (AvgIpc) is 3.70. The van der Waals surface area contributed by atoms with Gasteiger partial charge in [0.05, 0.1) is 14.2 Å². The first-order valence-corrected chi connectivity index (χ1v) is 14.3. The van der Waals surface area contributed by atoms with Crippen molar-refractivity contribution in [3.8, 4) is 11.5 Å². The molecule has 12 heteroatoms. The lowest BCUT2D eigenvalue weighted by Gasteiger charge is -2.45. The molecule has 2 aliphatic carbocycles. The van der Waals surface area contributed by atoms with Crippen molar-refractivity contribution in [3.05, 3.63) is 52.5 Å². The SMILES string of the molecule is COc1ccc(C23CCC(NC(=O)Nc4cc(Cl)ccc4C)CC2N(CC2CC2)CC3)cc1OC.O=C(O)C(F)(F)F. The van der Waals surface area contributed by atoms with Crippen LogP contribution in [-0.4, -0.2) is 67.6 Å². The Labute approximate surface area is 248 Å². The molecule has 1 aliphatic heterocycles. The Kier molecular flexibility index (Phi) is 9.82. The van der Waals surface area contributed by atoms with Crippen molar-refractivity contribution in [1.82, 2.24) is 10.2 Å². The molecule has 0 aromatic heterocycles. The monoisotopic (exact) mass is 611 g/mol. The van der Waals surface area contributed by atoms with E-state index < -0.39 is 12.1 Å². The minimum Gasteiger partial charge on any atom is -0.493 e. The van der Waals surface area contributed by atoms with E-state index in [1.54, 1.807) is 20.3 Å². The number of urea groups is 1. The van der Waals surface area contributed by atoms with E-state index >= 15 is 0 Å². The number of carboxylic acid groups (broad SMARTS) is 1. The lowest BCUT2D eigenvalue weighted by atomic mass is 9.65. The second kappa shape index (κ2) is 13.0. The number of ether oxygens (including phenoxy) is 2. The zero-order valence-corrected chi connectivity index (χ0v) is 24.6. The Morgan fingerprint density at radius 1 is 1.07 bits per heavy atom. The number of fused-ring (bicyclic) bond motifs is 1. The molecule has 2 saturated carbocycles. The second-order valence-electron chi connectivity index (χ2n) is 11.3. The summed E-state index contributed by atoms with van der Waals surface area (Å²) in [6.07, 6.45) is 1.67. The third-order valence-corrected chi connectivity index (χ3v) is 8.78. The average molecular weight is 612 g/mol. The number of rotatable bonds is 7. The molecule has 3 N–H and O–H groups in total. The molecule has 2 amide bonds. The van der Waals surface area contributed by atoms with Crippen molar-refractivity contribution < 1.29 is 37.3 Å². The predicted octanol–water partition coefficient (Wildman–Crippen LogP) is 6.40. The van der Waals surface area contributed by atoms with Gasteiger partial charge < -0.3 is 25.2 Å². The summed E-state index contributed by atoms with van der Waals surface area (Å²) in [5.74, 6) is -0.373. The first-order chi connectivity index (χ1) is 19.9. The Balaban J connectivity index is 0.000000517. The number of carboxylic acids is 1. The third-order valence-electron chi connectivity index (χ3n) is 8.54. The number of amides is 2. The quantitative estimate of drug-likeness (QED) is 0.335. The van der Waals surface area contributed by atoms with Gasteiger partial charge in [-0.15, -0.1) is 0 Å². The van der Waals surface area contributed by atoms with Gasteiger partial charge in [0.1, 0.15) is 0 Å². The van der Waals surface area contributed by atoms with Crippen LogP contribution in [0.2, 0.25) is 5.02 Å². The van der Waals surface area contributed by atoms with Crippen LogP contribution in [0.15, 0.2) is 36.4 Å². The number of alkyl halides is 3. The molecule has 1 saturated heterocycles. The van der Waals surface area contributed by atoms with Gasteiger partial charge in [-0.05, 0) is 93.3 Å². The van der Waals surface area contributed by atoms with E-state index in [1.807, 2.05) is 25.1 Å². The molecule has 42 heavy (non-hydrogen) atoms. The van der Waals surface area contributed by atoms with E-state index in [2.05, 4.69) is 27.7 Å². The highest BCUT2D eigenvalue weighted by Crippen LogP contribution is 2.51. The van der Waals surface area contributed by atoms with Gasteiger partial charge in [0, 0.05) is 34.8 Å². The maximum absolute atomic E-state index is 12.9. The molecule has 3 aliphatic rings. The first kappa shape index (κ1) is 31.7. The molecular formula is C30H37ClF3N3O5. The van der Waals surface area contributed by atoms with Crippen LogP contribution in [0, 0.1) is 12.8 Å². The molecule has 2 aromatic rings. The number of likely N-dealkylation sites (tertiary alicyclic amines) is 1. The van der Waals surface area contributed by atoms with Gasteiger partial charge in [-0.1, -0.05) is 23.7 Å². The van der Waals surface area contributed by atoms with Crippen LogP contribution in [0.25, 0.3) is 0 Å². The smallest absolute Gasteiger partial charge is 0.490 e. The highest BCUT2D eigenvalue weighted by molar-refractivity contribution is 6.31. The third kappa shape index (κ3) is 7.42. The standard InChI is InChI=1S/C28H36ClN3O3.C2HF3O2/c1-18-4-8-21(29)15-23(18)31-27(33)30-22-10-11-28(20-7-9-24(34-2)25(14-20)35-3)12-13-32(26(28)16-22)17-19-5-6-19;3-2(4,5)1(6)7/h4,7-9,14-15,19,22,26H,5-6,10-13,16-17H2,1-3H3,(H2,30,31,33);(H,6,7). The molecule has 8 nitrogen and oxygen atoms in total. The van der Waals surface area contributed by atoms with Gasteiger partial charge >= 0.3 is 18.2 Å². The molecule has 1 heterocycles. The van der Waals surface area contributed by atoms with Gasteiger partial charge in [0.25, 0.3) is 0 Å². The summed E-state index contributed by atoms with van der Waals surface area (Å²) in [5.41, 5.74) is 3.15. The maximum atomic E-state index is 12.9. The molecule has 0 bridgehead atoms. The summed E-state index contributed by atoms with van der Waals surface area (Å²) >= 11 is 6.14. The number of methoxy groups -OCH3 is 2. The number of carbonyl (C=O) groups is 2. The second-order valence-corrected chi connectivity index (χ2v) is 11.7. The highest BCUT2D eigenvalue weighted by atomic mass is 35.5. The number of carbonyl (C=O) groups excluding carboxylic acids is 1. The number of aliphatic carboxylic acids is 1. The Hall–Kier alpha value is -3.18. The number of nitrogens with one attached hydrogen (secondary N) is 2. The van der Waals surface area contributed by atoms with Gasteiger partial charge in [0.15, 0.2) is 11.5 Å². The van der Waals surface area contributed by atoms with Crippen molar-refractivity contribution in [2.75, 3.05) is 32.6 Å². The number of aryl methyl sites for hydroxylation is 1. The normalized spacial score (nSPS) is 23.7. The number of hydrogen-bond donors (Lipinski definition) is 3. The first-order valence-electron chi connectivity index (χ1n) is 14.0. The van der Waals surface area contributed by atoms with Crippen molar-refractivity contribution in [3.63, 3.8) is 0 Å². The summed E-state index contributed by atoms with van der Waals surface area (Å²) < 4.78 is 42.9. The van der Waals surface area contributed by atoms with Crippen LogP contribution in [0.4, 0.5) is 23.7 Å². The van der Waals surface area contributed by atoms with E-state index in [0.29, 0.717) is 11.1 Å². The molecule has 3 fully saturated rings. The Bertz CT molecular complexity index is 1290. The van der Waals surface area contributed by atoms with Crippen LogP contribution >= 0.6 is 11.6 Å². The molecule has 2 aromatic carbocycles. The number of nitrogens with zero attached hydrogens (tertiary/aromatic N) is 1. The molecular weight excluding hydrogens is 575 g/mol. The van der Waals surface area contributed by atoms with E-state index in [1.165, 1.54) is 24.9 Å². The summed E-state index contributed by atoms with van der Waals surface area (Å²) in [6.45, 7) is 4.24. The zero-order valence-electron chi connectivity index (χ0n) is 23.9. The van der Waals surface area contributed by atoms with Crippen LogP contribution in [0.3, 0.4) is 0 Å². The number of anilines is 1. The van der Waals surface area contributed by atoms with Crippen molar-refractivity contribution in [1.29, 1.82) is 0 Å². The van der Waals surface area contributed by atoms with E-state index in [4.69, 9.17) is 31.0 Å². The van der Waals surface area contributed by atoms with Crippen LogP contribution in [-0.2, 0) is 10.2 Å². The molecule has 3 atom stereocenters. The van der Waals surface area contributed by atoms with Gasteiger partial charge in [0.2, 0.25) is 0 Å². The lowest BCUT2D eigenvalue weighted by molar-refractivity contribution is -0.192. The summed E-state index contributed by atoms with van der Waals surface area (Å²) in [7, 11) is 3.38. The Morgan fingerprint density at radius 2 is 1.76 bits per heavy atom. The van der Waals surface area contributed by atoms with Gasteiger partial charge in [-0.2, -0.15) is 13.2 Å². The molecule has 5 rings (SSSR count). The van der Waals surface area contributed by atoms with E-state index in [0.717, 1.165) is 60.9 Å². The fourth-order valence-electron chi connectivity index (χ4n) is 6.18. The van der Waals surface area contributed by atoms with Gasteiger partial charge in [-0.3, -0.25) is 4.90 Å². The van der Waals surface area contributed by atoms with E-state index in [-0.39, 0.29) is 17.5 Å². The zero-order chi connectivity index (χ0) is 30.7. The minimum atomic E-state index is -5.08. The van der Waals surface area contributed by atoms with Crippen LogP contribution in [0.1, 0.15) is 49.7 Å².